The molecule has 2 rings (SSSR count). The van der Waals surface area contributed by atoms with Gasteiger partial charge >= 0.3 is 0 Å². The van der Waals surface area contributed by atoms with Gasteiger partial charge in [-0.05, 0) is 44.0 Å². The molecule has 0 saturated carbocycles. The summed E-state index contributed by atoms with van der Waals surface area (Å²) in [5, 5.41) is 15.8. The summed E-state index contributed by atoms with van der Waals surface area (Å²) in [4.78, 5) is 12.4. The molecule has 19 heavy (non-hydrogen) atoms. The minimum atomic E-state index is -0.459. The van der Waals surface area contributed by atoms with Crippen LogP contribution in [0.2, 0.25) is 5.02 Å². The Morgan fingerprint density at radius 1 is 1.58 bits per heavy atom. The zero-order chi connectivity index (χ0) is 13.9. The number of carbonyl (C=O) groups excluding carboxylic acids is 1. The molecule has 0 spiro atoms. The maximum atomic E-state index is 12.4. The summed E-state index contributed by atoms with van der Waals surface area (Å²) in [6.45, 7) is 2.95. The molecule has 3 N–H and O–H groups in total. The molecule has 4 nitrogen and oxygen atoms in total. The topological polar surface area (TPSA) is 61.4 Å². The lowest BCUT2D eigenvalue weighted by Gasteiger charge is -2.27. The van der Waals surface area contributed by atoms with Gasteiger partial charge in [-0.1, -0.05) is 24.9 Å². The number of hydrogen-bond acceptors (Lipinski definition) is 3. The first kappa shape index (κ1) is 14.2. The van der Waals surface area contributed by atoms with Crippen LogP contribution in [0.5, 0.6) is 5.75 Å². The monoisotopic (exact) mass is 282 g/mol. The summed E-state index contributed by atoms with van der Waals surface area (Å²) in [7, 11) is 0. The molecule has 0 radical (unpaired) electrons. The van der Waals surface area contributed by atoms with E-state index in [1.165, 1.54) is 6.07 Å². The van der Waals surface area contributed by atoms with Crippen LogP contribution in [-0.4, -0.2) is 23.1 Å². The molecule has 0 aromatic heterocycles. The van der Waals surface area contributed by atoms with Gasteiger partial charge in [0, 0.05) is 5.69 Å². The van der Waals surface area contributed by atoms with Crippen molar-refractivity contribution in [1.29, 1.82) is 0 Å². The van der Waals surface area contributed by atoms with E-state index in [2.05, 4.69) is 17.6 Å². The SMILES string of the molecule is CCCC1(C(=O)Nc2ccc(O)c(Cl)c2)CCCN1. The summed E-state index contributed by atoms with van der Waals surface area (Å²) in [5.74, 6) is -0.00413. The van der Waals surface area contributed by atoms with Crippen molar-refractivity contribution < 1.29 is 9.90 Å². The van der Waals surface area contributed by atoms with Crippen molar-refractivity contribution in [2.75, 3.05) is 11.9 Å². The summed E-state index contributed by atoms with van der Waals surface area (Å²) in [6, 6.07) is 4.68. The Morgan fingerprint density at radius 3 is 2.95 bits per heavy atom. The van der Waals surface area contributed by atoms with Crippen LogP contribution in [0.1, 0.15) is 32.6 Å². The molecule has 1 fully saturated rings. The zero-order valence-electron chi connectivity index (χ0n) is 11.0. The predicted molar refractivity (Wildman–Crippen MR) is 76.6 cm³/mol. The highest BCUT2D eigenvalue weighted by atomic mass is 35.5. The number of nitrogens with one attached hydrogen (secondary N) is 2. The zero-order valence-corrected chi connectivity index (χ0v) is 11.8. The minimum Gasteiger partial charge on any atom is -0.506 e. The van der Waals surface area contributed by atoms with Gasteiger partial charge in [-0.25, -0.2) is 0 Å². The van der Waals surface area contributed by atoms with Gasteiger partial charge in [-0.3, -0.25) is 4.79 Å². The Hall–Kier alpha value is -1.26. The first-order valence-corrected chi connectivity index (χ1v) is 7.00. The number of phenolic OH excluding ortho intramolecular Hbond substituents is 1. The summed E-state index contributed by atoms with van der Waals surface area (Å²) in [5.41, 5.74) is 0.149. The van der Waals surface area contributed by atoms with E-state index < -0.39 is 5.54 Å². The van der Waals surface area contributed by atoms with Gasteiger partial charge in [0.25, 0.3) is 0 Å². The standard InChI is InChI=1S/C14H19ClN2O2/c1-2-6-14(7-3-8-16-14)13(19)17-10-4-5-12(18)11(15)9-10/h4-5,9,16,18H,2-3,6-8H2,1H3,(H,17,19). The number of anilines is 1. The fourth-order valence-electron chi connectivity index (χ4n) is 2.59. The number of rotatable bonds is 4. The molecular formula is C14H19ClN2O2. The van der Waals surface area contributed by atoms with Gasteiger partial charge in [-0.2, -0.15) is 0 Å². The quantitative estimate of drug-likeness (QED) is 0.744. The number of phenols is 1. The molecule has 1 aromatic carbocycles. The summed E-state index contributed by atoms with van der Waals surface area (Å²) < 4.78 is 0. The number of benzene rings is 1. The molecule has 1 saturated heterocycles. The summed E-state index contributed by atoms with van der Waals surface area (Å²) >= 11 is 5.84. The van der Waals surface area contributed by atoms with Gasteiger partial charge in [0.05, 0.1) is 10.6 Å². The Kier molecular flexibility index (Phi) is 4.32. The van der Waals surface area contributed by atoms with Crippen LogP contribution in [-0.2, 0) is 4.79 Å². The Balaban J connectivity index is 2.12. The average molecular weight is 283 g/mol. The van der Waals surface area contributed by atoms with Crippen molar-refractivity contribution >= 4 is 23.2 Å². The third kappa shape index (κ3) is 3.01. The molecule has 1 amide bonds. The van der Waals surface area contributed by atoms with Crippen molar-refractivity contribution in [1.82, 2.24) is 5.32 Å². The molecule has 1 aliphatic heterocycles. The molecule has 5 heteroatoms. The third-order valence-electron chi connectivity index (χ3n) is 3.56. The lowest BCUT2D eigenvalue weighted by molar-refractivity contribution is -0.122. The van der Waals surface area contributed by atoms with E-state index in [-0.39, 0.29) is 16.7 Å². The molecule has 1 unspecified atom stereocenters. The average Bonchev–Trinajstić information content (AvgIpc) is 2.84. The van der Waals surface area contributed by atoms with Crippen molar-refractivity contribution in [2.24, 2.45) is 0 Å². The highest BCUT2D eigenvalue weighted by Crippen LogP contribution is 2.29. The van der Waals surface area contributed by atoms with Gasteiger partial charge in [-0.15, -0.1) is 0 Å². The van der Waals surface area contributed by atoms with Crippen LogP contribution in [0.3, 0.4) is 0 Å². The van der Waals surface area contributed by atoms with E-state index in [1.54, 1.807) is 12.1 Å². The van der Waals surface area contributed by atoms with E-state index in [4.69, 9.17) is 11.6 Å². The molecular weight excluding hydrogens is 264 g/mol. The van der Waals surface area contributed by atoms with Gasteiger partial charge in [0.15, 0.2) is 0 Å². The number of halogens is 1. The molecule has 104 valence electrons. The highest BCUT2D eigenvalue weighted by Gasteiger charge is 2.39. The Morgan fingerprint density at radius 2 is 2.37 bits per heavy atom. The molecule has 1 heterocycles. The molecule has 1 aliphatic rings. The van der Waals surface area contributed by atoms with Crippen LogP contribution in [0, 0.1) is 0 Å². The Labute approximate surface area is 118 Å². The third-order valence-corrected chi connectivity index (χ3v) is 3.86. The van der Waals surface area contributed by atoms with Gasteiger partial charge in [0.2, 0.25) is 5.91 Å². The van der Waals surface area contributed by atoms with Crippen LogP contribution >= 0.6 is 11.6 Å². The smallest absolute Gasteiger partial charge is 0.244 e. The van der Waals surface area contributed by atoms with E-state index in [9.17, 15) is 9.90 Å². The minimum absolute atomic E-state index is 0.0157. The number of amides is 1. The van der Waals surface area contributed by atoms with Crippen LogP contribution in [0.15, 0.2) is 18.2 Å². The van der Waals surface area contributed by atoms with E-state index in [1.807, 2.05) is 0 Å². The van der Waals surface area contributed by atoms with Crippen LogP contribution in [0.4, 0.5) is 5.69 Å². The normalized spacial score (nSPS) is 22.4. The fourth-order valence-corrected chi connectivity index (χ4v) is 2.77. The lowest BCUT2D eigenvalue weighted by atomic mass is 9.91. The van der Waals surface area contributed by atoms with Crippen LogP contribution < -0.4 is 10.6 Å². The number of hydrogen-bond donors (Lipinski definition) is 3. The molecule has 1 aromatic rings. The number of carbonyl (C=O) groups is 1. The fraction of sp³-hybridized carbons (Fsp3) is 0.500. The Bertz CT molecular complexity index is 471. The second-order valence-electron chi connectivity index (χ2n) is 4.98. The first-order chi connectivity index (χ1) is 9.07. The second kappa shape index (κ2) is 5.80. The molecule has 1 atom stereocenters. The van der Waals surface area contributed by atoms with E-state index >= 15 is 0 Å². The molecule has 0 aliphatic carbocycles. The van der Waals surface area contributed by atoms with Gasteiger partial charge < -0.3 is 15.7 Å². The largest absolute Gasteiger partial charge is 0.506 e. The van der Waals surface area contributed by atoms with E-state index in [0.717, 1.165) is 32.2 Å². The van der Waals surface area contributed by atoms with Gasteiger partial charge in [0.1, 0.15) is 5.75 Å². The second-order valence-corrected chi connectivity index (χ2v) is 5.39. The van der Waals surface area contributed by atoms with E-state index in [0.29, 0.717) is 5.69 Å². The van der Waals surface area contributed by atoms with Crippen molar-refractivity contribution in [3.63, 3.8) is 0 Å². The van der Waals surface area contributed by atoms with Crippen LogP contribution in [0.25, 0.3) is 0 Å². The van der Waals surface area contributed by atoms with Crippen molar-refractivity contribution in [3.8, 4) is 5.75 Å². The highest BCUT2D eigenvalue weighted by molar-refractivity contribution is 6.32. The lowest BCUT2D eigenvalue weighted by Crippen LogP contribution is -2.50. The summed E-state index contributed by atoms with van der Waals surface area (Å²) in [6.07, 6.45) is 3.66. The predicted octanol–water partition coefficient (Wildman–Crippen LogP) is 2.91. The van der Waals surface area contributed by atoms with Crippen molar-refractivity contribution in [3.05, 3.63) is 23.2 Å². The molecule has 0 bridgehead atoms. The first-order valence-electron chi connectivity index (χ1n) is 6.62. The number of aromatic hydroxyl groups is 1. The maximum absolute atomic E-state index is 12.4. The maximum Gasteiger partial charge on any atom is 0.244 e. The van der Waals surface area contributed by atoms with Crippen molar-refractivity contribution in [2.45, 2.75) is 38.1 Å².